The Morgan fingerprint density at radius 2 is 2.00 bits per heavy atom. The molecule has 1 fully saturated rings. The van der Waals surface area contributed by atoms with Crippen LogP contribution < -0.4 is 11.2 Å². The summed E-state index contributed by atoms with van der Waals surface area (Å²) in [4.78, 5) is 0. The predicted molar refractivity (Wildman–Crippen MR) is 53.2 cm³/mol. The molecular weight excluding hydrogens is 166 g/mol. The van der Waals surface area contributed by atoms with Crippen molar-refractivity contribution >= 4 is 0 Å². The monoisotopic (exact) mass is 187 g/mol. The fourth-order valence-electron chi connectivity index (χ4n) is 1.40. The molecule has 4 heteroatoms. The molecule has 1 heterocycles. The highest BCUT2D eigenvalue weighted by Crippen LogP contribution is 2.02. The second-order valence-electron chi connectivity index (χ2n) is 3.81. The first kappa shape index (κ1) is 10.9. The highest BCUT2D eigenvalue weighted by molar-refractivity contribution is 4.71. The number of hydrogen-bond donors (Lipinski definition) is 2. The molecule has 1 aliphatic rings. The summed E-state index contributed by atoms with van der Waals surface area (Å²) in [6, 6.07) is 0.387. The average Bonchev–Trinajstić information content (AvgIpc) is 2.15. The molecule has 4 nitrogen and oxygen atoms in total. The van der Waals surface area contributed by atoms with Crippen molar-refractivity contribution < 1.29 is 4.74 Å². The van der Waals surface area contributed by atoms with E-state index in [9.17, 15) is 0 Å². The lowest BCUT2D eigenvalue weighted by Crippen LogP contribution is -2.54. The summed E-state index contributed by atoms with van der Waals surface area (Å²) in [5.41, 5.74) is 9.10. The van der Waals surface area contributed by atoms with Gasteiger partial charge in [-0.1, -0.05) is 13.8 Å². The Balaban J connectivity index is 2.27. The maximum absolute atomic E-state index is 5.67. The Bertz CT molecular complexity index is 135. The molecule has 1 rings (SSSR count). The van der Waals surface area contributed by atoms with Crippen LogP contribution in [0.25, 0.3) is 0 Å². The van der Waals surface area contributed by atoms with Crippen molar-refractivity contribution in [1.82, 2.24) is 10.4 Å². The van der Waals surface area contributed by atoms with Crippen LogP contribution in [0.5, 0.6) is 0 Å². The number of rotatable bonds is 4. The van der Waals surface area contributed by atoms with Gasteiger partial charge in [0.1, 0.15) is 0 Å². The van der Waals surface area contributed by atoms with E-state index in [1.165, 1.54) is 0 Å². The number of nitrogens with zero attached hydrogens (tertiary/aromatic N) is 1. The fraction of sp³-hybridized carbons (Fsp3) is 1.00. The molecule has 1 saturated heterocycles. The van der Waals surface area contributed by atoms with Gasteiger partial charge in [0.25, 0.3) is 0 Å². The lowest BCUT2D eigenvalue weighted by molar-refractivity contribution is 0.000334. The first-order chi connectivity index (χ1) is 6.24. The van der Waals surface area contributed by atoms with E-state index in [1.54, 1.807) is 0 Å². The second kappa shape index (κ2) is 5.54. The quantitative estimate of drug-likeness (QED) is 0.640. The molecule has 1 aliphatic heterocycles. The molecule has 1 atom stereocenters. The van der Waals surface area contributed by atoms with E-state index in [4.69, 9.17) is 10.5 Å². The van der Waals surface area contributed by atoms with Gasteiger partial charge in [0.2, 0.25) is 0 Å². The first-order valence-electron chi connectivity index (χ1n) is 5.03. The summed E-state index contributed by atoms with van der Waals surface area (Å²) in [6.45, 7) is 8.63. The number of hydrazine groups is 1. The molecule has 13 heavy (non-hydrogen) atoms. The summed E-state index contributed by atoms with van der Waals surface area (Å²) in [5, 5.41) is 2.21. The predicted octanol–water partition coefficient (Wildman–Crippen LogP) is -0.193. The molecule has 0 bridgehead atoms. The largest absolute Gasteiger partial charge is 0.379 e. The molecule has 0 amide bonds. The molecule has 3 N–H and O–H groups in total. The molecule has 0 radical (unpaired) electrons. The van der Waals surface area contributed by atoms with Gasteiger partial charge in [-0.05, 0) is 5.92 Å². The van der Waals surface area contributed by atoms with Crippen LogP contribution in [-0.2, 0) is 4.74 Å². The molecule has 0 spiro atoms. The van der Waals surface area contributed by atoms with Gasteiger partial charge in [-0.25, -0.2) is 5.01 Å². The molecule has 0 aliphatic carbocycles. The Kier molecular flexibility index (Phi) is 4.66. The minimum absolute atomic E-state index is 0.387. The zero-order valence-electron chi connectivity index (χ0n) is 8.62. The summed E-state index contributed by atoms with van der Waals surface area (Å²) in [7, 11) is 0. The number of ether oxygens (including phenoxy) is 1. The minimum atomic E-state index is 0.387. The van der Waals surface area contributed by atoms with E-state index in [0.717, 1.165) is 26.3 Å². The number of hydrogen-bond acceptors (Lipinski definition) is 4. The third-order valence-corrected chi connectivity index (χ3v) is 2.42. The third-order valence-electron chi connectivity index (χ3n) is 2.42. The van der Waals surface area contributed by atoms with E-state index in [1.807, 2.05) is 0 Å². The highest BCUT2D eigenvalue weighted by atomic mass is 16.5. The van der Waals surface area contributed by atoms with Gasteiger partial charge in [0.05, 0.1) is 13.2 Å². The standard InChI is InChI=1S/C9H21N3O/c1-8(2)9(7-10)11-12-3-5-13-6-4-12/h8-9,11H,3-7,10H2,1-2H3. The molecular formula is C9H21N3O. The number of nitrogens with one attached hydrogen (secondary N) is 1. The SMILES string of the molecule is CC(C)C(CN)NN1CCOCC1. The van der Waals surface area contributed by atoms with Crippen LogP contribution in [0.15, 0.2) is 0 Å². The van der Waals surface area contributed by atoms with E-state index in [0.29, 0.717) is 18.5 Å². The van der Waals surface area contributed by atoms with Crippen LogP contribution in [0.1, 0.15) is 13.8 Å². The van der Waals surface area contributed by atoms with Crippen LogP contribution >= 0.6 is 0 Å². The molecule has 0 aromatic carbocycles. The highest BCUT2D eigenvalue weighted by Gasteiger charge is 2.16. The number of morpholine rings is 1. The summed E-state index contributed by atoms with van der Waals surface area (Å²) in [5.74, 6) is 0.577. The van der Waals surface area contributed by atoms with Gasteiger partial charge < -0.3 is 10.5 Å². The summed E-state index contributed by atoms with van der Waals surface area (Å²) < 4.78 is 5.26. The smallest absolute Gasteiger partial charge is 0.0608 e. The Hall–Kier alpha value is -0.160. The van der Waals surface area contributed by atoms with Crippen LogP contribution in [0.4, 0.5) is 0 Å². The molecule has 0 aromatic heterocycles. The lowest BCUT2D eigenvalue weighted by Gasteiger charge is -2.32. The zero-order chi connectivity index (χ0) is 9.68. The Labute approximate surface area is 80.4 Å². The lowest BCUT2D eigenvalue weighted by atomic mass is 10.1. The maximum atomic E-state index is 5.67. The number of nitrogens with two attached hydrogens (primary N) is 1. The van der Waals surface area contributed by atoms with Gasteiger partial charge in [-0.15, -0.1) is 0 Å². The van der Waals surface area contributed by atoms with Crippen molar-refractivity contribution in [1.29, 1.82) is 0 Å². The topological polar surface area (TPSA) is 50.5 Å². The van der Waals surface area contributed by atoms with Gasteiger partial charge in [-0.2, -0.15) is 0 Å². The van der Waals surface area contributed by atoms with Crippen molar-refractivity contribution in [2.45, 2.75) is 19.9 Å². The maximum Gasteiger partial charge on any atom is 0.0608 e. The zero-order valence-corrected chi connectivity index (χ0v) is 8.62. The third kappa shape index (κ3) is 3.60. The van der Waals surface area contributed by atoms with E-state index in [2.05, 4.69) is 24.3 Å². The van der Waals surface area contributed by atoms with Crippen molar-refractivity contribution in [3.05, 3.63) is 0 Å². The van der Waals surface area contributed by atoms with Gasteiger partial charge in [0.15, 0.2) is 0 Å². The molecule has 0 aromatic rings. The first-order valence-corrected chi connectivity index (χ1v) is 5.03. The van der Waals surface area contributed by atoms with Gasteiger partial charge in [-0.3, -0.25) is 5.43 Å². The molecule has 0 saturated carbocycles. The van der Waals surface area contributed by atoms with Crippen molar-refractivity contribution in [2.75, 3.05) is 32.8 Å². The summed E-state index contributed by atoms with van der Waals surface area (Å²) >= 11 is 0. The van der Waals surface area contributed by atoms with Crippen LogP contribution in [0, 0.1) is 5.92 Å². The van der Waals surface area contributed by atoms with Crippen LogP contribution in [0.3, 0.4) is 0 Å². The second-order valence-corrected chi connectivity index (χ2v) is 3.81. The van der Waals surface area contributed by atoms with E-state index < -0.39 is 0 Å². The van der Waals surface area contributed by atoms with Gasteiger partial charge in [0, 0.05) is 25.7 Å². The Morgan fingerprint density at radius 1 is 1.38 bits per heavy atom. The molecule has 78 valence electrons. The van der Waals surface area contributed by atoms with E-state index >= 15 is 0 Å². The normalized spacial score (nSPS) is 22.2. The average molecular weight is 187 g/mol. The van der Waals surface area contributed by atoms with Crippen molar-refractivity contribution in [3.63, 3.8) is 0 Å². The van der Waals surface area contributed by atoms with Crippen LogP contribution in [0.2, 0.25) is 0 Å². The summed E-state index contributed by atoms with van der Waals surface area (Å²) in [6.07, 6.45) is 0. The van der Waals surface area contributed by atoms with Gasteiger partial charge >= 0.3 is 0 Å². The van der Waals surface area contributed by atoms with E-state index in [-0.39, 0.29) is 0 Å². The Morgan fingerprint density at radius 3 is 2.46 bits per heavy atom. The van der Waals surface area contributed by atoms with Crippen molar-refractivity contribution in [3.8, 4) is 0 Å². The van der Waals surface area contributed by atoms with Crippen molar-refractivity contribution in [2.24, 2.45) is 11.7 Å². The minimum Gasteiger partial charge on any atom is -0.379 e. The van der Waals surface area contributed by atoms with Crippen LogP contribution in [-0.4, -0.2) is 43.9 Å². The molecule has 1 unspecified atom stereocenters. The fourth-order valence-corrected chi connectivity index (χ4v) is 1.40.